The fraction of sp³-hybridized carbons (Fsp3) is 0.273. The van der Waals surface area contributed by atoms with Crippen LogP contribution in [0.1, 0.15) is 15.9 Å². The molecular weight excluding hydrogens is 232 g/mol. The van der Waals surface area contributed by atoms with Gasteiger partial charge in [0.15, 0.2) is 0 Å². The molecule has 0 saturated heterocycles. The molecule has 0 unspecified atom stereocenters. The molecule has 84 valence electrons. The normalized spacial score (nSPS) is 18.6. The van der Waals surface area contributed by atoms with Crippen molar-refractivity contribution < 1.29 is 19.1 Å². The van der Waals surface area contributed by atoms with Crippen molar-refractivity contribution in [2.75, 3.05) is 7.11 Å². The van der Waals surface area contributed by atoms with Crippen LogP contribution in [0.15, 0.2) is 18.2 Å². The molecule has 1 aliphatic rings. The third-order valence-corrected chi connectivity index (χ3v) is 2.64. The van der Waals surface area contributed by atoms with Gasteiger partial charge in [0, 0.05) is 11.4 Å². The number of fused-ring (bicyclic) bond motifs is 1. The Balaban J connectivity index is 2.34. The summed E-state index contributed by atoms with van der Waals surface area (Å²) in [6, 6.07) is 4.86. The molecular formula is C11H9ClO4. The molecule has 1 atom stereocenters. The fourth-order valence-corrected chi connectivity index (χ4v) is 1.82. The molecule has 5 heteroatoms. The van der Waals surface area contributed by atoms with E-state index in [-0.39, 0.29) is 0 Å². The maximum absolute atomic E-state index is 11.6. The van der Waals surface area contributed by atoms with Crippen LogP contribution in [0, 0.1) is 0 Å². The quantitative estimate of drug-likeness (QED) is 0.700. The summed E-state index contributed by atoms with van der Waals surface area (Å²) in [7, 11) is 1.25. The molecule has 0 aliphatic carbocycles. The van der Waals surface area contributed by atoms with Gasteiger partial charge in [0.1, 0.15) is 0 Å². The summed E-state index contributed by atoms with van der Waals surface area (Å²) in [5, 5.41) is 0.525. The average molecular weight is 241 g/mol. The summed E-state index contributed by atoms with van der Waals surface area (Å²) in [5.41, 5.74) is 1.16. The molecule has 1 heterocycles. The number of carbonyl (C=O) groups is 2. The van der Waals surface area contributed by atoms with E-state index in [9.17, 15) is 9.59 Å². The van der Waals surface area contributed by atoms with Crippen LogP contribution in [0.25, 0.3) is 0 Å². The number of halogens is 1. The Morgan fingerprint density at radius 1 is 1.56 bits per heavy atom. The third kappa shape index (κ3) is 1.88. The summed E-state index contributed by atoms with van der Waals surface area (Å²) < 4.78 is 9.48. The van der Waals surface area contributed by atoms with E-state index in [2.05, 4.69) is 4.74 Å². The van der Waals surface area contributed by atoms with E-state index in [1.165, 1.54) is 7.11 Å². The molecule has 0 bridgehead atoms. The highest BCUT2D eigenvalue weighted by Gasteiger charge is 2.31. The predicted molar refractivity (Wildman–Crippen MR) is 56.4 cm³/mol. The minimum atomic E-state index is -0.872. The Kier molecular flexibility index (Phi) is 2.83. The first-order valence-corrected chi connectivity index (χ1v) is 5.07. The first-order valence-electron chi connectivity index (χ1n) is 4.69. The zero-order chi connectivity index (χ0) is 11.7. The van der Waals surface area contributed by atoms with Crippen molar-refractivity contribution in [3.05, 3.63) is 34.3 Å². The monoisotopic (exact) mass is 240 g/mol. The molecule has 1 aliphatic heterocycles. The Hall–Kier alpha value is -1.55. The van der Waals surface area contributed by atoms with Crippen molar-refractivity contribution in [3.63, 3.8) is 0 Å². The molecule has 0 N–H and O–H groups in total. The number of ether oxygens (including phenoxy) is 2. The molecule has 1 aromatic rings. The second-order valence-electron chi connectivity index (χ2n) is 3.42. The SMILES string of the molecule is COC(=O)[C@H]1Cc2cc(Cl)ccc2C(=O)O1. The van der Waals surface area contributed by atoms with Crippen LogP contribution in [-0.2, 0) is 20.7 Å². The van der Waals surface area contributed by atoms with Gasteiger partial charge in [0.05, 0.1) is 12.7 Å². The molecule has 0 radical (unpaired) electrons. The molecule has 2 rings (SSSR count). The molecule has 0 spiro atoms. The highest BCUT2D eigenvalue weighted by molar-refractivity contribution is 6.30. The fourth-order valence-electron chi connectivity index (χ4n) is 1.63. The van der Waals surface area contributed by atoms with Crippen LogP contribution in [0.4, 0.5) is 0 Å². The lowest BCUT2D eigenvalue weighted by molar-refractivity contribution is -0.151. The van der Waals surface area contributed by atoms with Gasteiger partial charge in [-0.05, 0) is 23.8 Å². The lowest BCUT2D eigenvalue weighted by atomic mass is 9.99. The maximum Gasteiger partial charge on any atom is 0.347 e. The number of methoxy groups -OCH3 is 1. The summed E-state index contributed by atoms with van der Waals surface area (Å²) in [6.45, 7) is 0. The lowest BCUT2D eigenvalue weighted by Crippen LogP contribution is -2.35. The highest BCUT2D eigenvalue weighted by atomic mass is 35.5. The van der Waals surface area contributed by atoms with Crippen molar-refractivity contribution in [3.8, 4) is 0 Å². The molecule has 4 nitrogen and oxygen atoms in total. The standard InChI is InChI=1S/C11H9ClO4/c1-15-11(14)9-5-6-4-7(12)2-3-8(6)10(13)16-9/h2-4,9H,5H2,1H3/t9-/m1/s1. The van der Waals surface area contributed by atoms with Gasteiger partial charge in [0.25, 0.3) is 0 Å². The highest BCUT2D eigenvalue weighted by Crippen LogP contribution is 2.24. The van der Waals surface area contributed by atoms with Gasteiger partial charge in [-0.2, -0.15) is 0 Å². The summed E-state index contributed by atoms with van der Waals surface area (Å²) in [6.07, 6.45) is -0.572. The van der Waals surface area contributed by atoms with Gasteiger partial charge in [-0.25, -0.2) is 9.59 Å². The lowest BCUT2D eigenvalue weighted by Gasteiger charge is -2.22. The topological polar surface area (TPSA) is 52.6 Å². The third-order valence-electron chi connectivity index (χ3n) is 2.41. The Morgan fingerprint density at radius 3 is 3.00 bits per heavy atom. The Bertz CT molecular complexity index is 455. The number of benzene rings is 1. The van der Waals surface area contributed by atoms with Crippen molar-refractivity contribution in [2.24, 2.45) is 0 Å². The van der Waals surface area contributed by atoms with Crippen molar-refractivity contribution in [1.82, 2.24) is 0 Å². The molecule has 1 aromatic carbocycles. The minimum Gasteiger partial charge on any atom is -0.466 e. The van der Waals surface area contributed by atoms with E-state index in [1.807, 2.05) is 0 Å². The molecule has 0 aromatic heterocycles. The summed E-state index contributed by atoms with van der Waals surface area (Å²) in [5.74, 6) is -1.08. The van der Waals surface area contributed by atoms with Crippen LogP contribution in [0.2, 0.25) is 5.02 Å². The number of hydrogen-bond acceptors (Lipinski definition) is 4. The number of esters is 2. The van der Waals surface area contributed by atoms with Crippen LogP contribution in [0.5, 0.6) is 0 Å². The van der Waals surface area contributed by atoms with E-state index in [1.54, 1.807) is 18.2 Å². The molecule has 16 heavy (non-hydrogen) atoms. The van der Waals surface area contributed by atoms with Gasteiger partial charge in [0.2, 0.25) is 6.10 Å². The van der Waals surface area contributed by atoms with E-state index in [0.29, 0.717) is 22.6 Å². The van der Waals surface area contributed by atoms with Gasteiger partial charge < -0.3 is 9.47 Å². The predicted octanol–water partition coefficient (Wildman–Crippen LogP) is 1.59. The number of hydrogen-bond donors (Lipinski definition) is 0. The van der Waals surface area contributed by atoms with Crippen LogP contribution >= 0.6 is 11.6 Å². The second kappa shape index (κ2) is 4.14. The number of rotatable bonds is 1. The average Bonchev–Trinajstić information content (AvgIpc) is 2.27. The zero-order valence-electron chi connectivity index (χ0n) is 8.53. The summed E-state index contributed by atoms with van der Waals surface area (Å²) >= 11 is 5.82. The first kappa shape index (κ1) is 11.0. The van der Waals surface area contributed by atoms with Crippen LogP contribution in [0.3, 0.4) is 0 Å². The van der Waals surface area contributed by atoms with Gasteiger partial charge in [-0.1, -0.05) is 11.6 Å². The van der Waals surface area contributed by atoms with Crippen LogP contribution in [-0.4, -0.2) is 25.2 Å². The maximum atomic E-state index is 11.6. The zero-order valence-corrected chi connectivity index (χ0v) is 9.28. The van der Waals surface area contributed by atoms with Crippen LogP contribution < -0.4 is 0 Å². The van der Waals surface area contributed by atoms with E-state index in [0.717, 1.165) is 0 Å². The van der Waals surface area contributed by atoms with Crippen molar-refractivity contribution in [1.29, 1.82) is 0 Å². The van der Waals surface area contributed by atoms with Gasteiger partial charge >= 0.3 is 11.9 Å². The largest absolute Gasteiger partial charge is 0.466 e. The summed E-state index contributed by atoms with van der Waals surface area (Å²) in [4.78, 5) is 22.8. The number of cyclic esters (lactones) is 1. The van der Waals surface area contributed by atoms with E-state index in [4.69, 9.17) is 16.3 Å². The first-order chi connectivity index (χ1) is 7.61. The minimum absolute atomic E-state index is 0.300. The smallest absolute Gasteiger partial charge is 0.347 e. The number of carbonyl (C=O) groups excluding carboxylic acids is 2. The Labute approximate surface area is 97.1 Å². The Morgan fingerprint density at radius 2 is 2.31 bits per heavy atom. The second-order valence-corrected chi connectivity index (χ2v) is 3.86. The molecule has 0 amide bonds. The van der Waals surface area contributed by atoms with Crippen molar-refractivity contribution in [2.45, 2.75) is 12.5 Å². The van der Waals surface area contributed by atoms with Gasteiger partial charge in [-0.15, -0.1) is 0 Å². The van der Waals surface area contributed by atoms with E-state index < -0.39 is 18.0 Å². The molecule has 0 saturated carbocycles. The molecule has 0 fully saturated rings. The van der Waals surface area contributed by atoms with Gasteiger partial charge in [-0.3, -0.25) is 0 Å². The van der Waals surface area contributed by atoms with E-state index >= 15 is 0 Å². The van der Waals surface area contributed by atoms with Crippen molar-refractivity contribution >= 4 is 23.5 Å².